The first-order valence-electron chi connectivity index (χ1n) is 9.59. The Morgan fingerprint density at radius 2 is 1.87 bits per heavy atom. The van der Waals surface area contributed by atoms with Crippen molar-refractivity contribution < 1.29 is 15.0 Å². The molecule has 1 heterocycles. The number of carbonyl (C=O) groups is 1. The molecule has 0 fully saturated rings. The Balaban J connectivity index is 2.11. The van der Waals surface area contributed by atoms with Gasteiger partial charge in [-0.1, -0.05) is 25.6 Å². The van der Waals surface area contributed by atoms with Crippen LogP contribution in [0.4, 0.5) is 5.69 Å². The highest BCUT2D eigenvalue weighted by atomic mass is 32.2. The minimum absolute atomic E-state index is 0.0371. The molecule has 0 radical (unpaired) electrons. The first-order chi connectivity index (χ1) is 14.6. The van der Waals surface area contributed by atoms with Gasteiger partial charge in [-0.2, -0.15) is 0 Å². The Morgan fingerprint density at radius 1 is 1.16 bits per heavy atom. The number of amidine groups is 2. The number of hydrogen-bond acceptors (Lipinski definition) is 6. The molecule has 0 saturated carbocycles. The van der Waals surface area contributed by atoms with Gasteiger partial charge < -0.3 is 20.5 Å². The van der Waals surface area contributed by atoms with Gasteiger partial charge in [0.15, 0.2) is 5.17 Å². The van der Waals surface area contributed by atoms with Crippen LogP contribution in [0.1, 0.15) is 30.9 Å². The number of hydrogen-bond donors (Lipinski definition) is 5. The van der Waals surface area contributed by atoms with Crippen LogP contribution in [0, 0.1) is 10.8 Å². The topological polar surface area (TPSA) is 139 Å². The normalized spacial score (nSPS) is 11.1. The molecule has 0 aliphatic carbocycles. The third kappa shape index (κ3) is 4.51. The third-order valence-electron chi connectivity index (χ3n) is 4.93. The van der Waals surface area contributed by atoms with E-state index in [4.69, 9.17) is 16.6 Å². The number of phenols is 2. The molecule has 0 unspecified atom stereocenters. The molecule has 3 rings (SSSR count). The van der Waals surface area contributed by atoms with Crippen LogP contribution in [-0.4, -0.2) is 37.4 Å². The first kappa shape index (κ1) is 22.2. The van der Waals surface area contributed by atoms with Crippen molar-refractivity contribution in [3.05, 3.63) is 53.7 Å². The molecular weight excluding hydrogens is 414 g/mol. The second-order valence-electron chi connectivity index (χ2n) is 7.50. The predicted molar refractivity (Wildman–Crippen MR) is 125 cm³/mol. The number of nitrogens with two attached hydrogens (primary N) is 1. The first-order valence-corrected chi connectivity index (χ1v) is 10.6. The third-order valence-corrected chi connectivity index (χ3v) is 5.81. The highest BCUT2D eigenvalue weighted by Crippen LogP contribution is 2.34. The number of rotatable bonds is 5. The summed E-state index contributed by atoms with van der Waals surface area (Å²) < 4.78 is 1.96. The lowest BCUT2D eigenvalue weighted by atomic mass is 9.98. The predicted octanol–water partition coefficient (Wildman–Crippen LogP) is 3.70. The number of aryl methyl sites for hydroxylation is 1. The van der Waals surface area contributed by atoms with E-state index in [1.165, 1.54) is 11.0 Å². The number of aromatic hydroxyl groups is 2. The molecule has 8 nitrogen and oxygen atoms in total. The number of fused-ring (bicyclic) bond motifs is 1. The SMILES string of the molecule is CC(C)c1cc(C(=N)N(C(=N)SCC(N)=O)c2ccc3c(ccn3C)c2)c(O)cc1O. The van der Waals surface area contributed by atoms with Crippen LogP contribution in [0.2, 0.25) is 0 Å². The quantitative estimate of drug-likeness (QED) is 0.305. The van der Waals surface area contributed by atoms with Gasteiger partial charge in [0.05, 0.1) is 17.0 Å². The summed E-state index contributed by atoms with van der Waals surface area (Å²) in [6.45, 7) is 3.79. The summed E-state index contributed by atoms with van der Waals surface area (Å²) in [7, 11) is 1.93. The summed E-state index contributed by atoms with van der Waals surface area (Å²) >= 11 is 0.898. The van der Waals surface area contributed by atoms with Crippen molar-refractivity contribution in [1.29, 1.82) is 10.8 Å². The number of thioether (sulfide) groups is 1. The van der Waals surface area contributed by atoms with Crippen molar-refractivity contribution in [2.45, 2.75) is 19.8 Å². The number of nitrogens with one attached hydrogen (secondary N) is 2. The second kappa shape index (κ2) is 8.73. The van der Waals surface area contributed by atoms with E-state index < -0.39 is 5.91 Å². The average molecular weight is 440 g/mol. The fraction of sp³-hybridized carbons (Fsp3) is 0.227. The van der Waals surface area contributed by atoms with Crippen LogP contribution < -0.4 is 10.6 Å². The number of aromatic nitrogens is 1. The molecule has 0 atom stereocenters. The van der Waals surface area contributed by atoms with Crippen LogP contribution in [0.5, 0.6) is 11.5 Å². The average Bonchev–Trinajstić information content (AvgIpc) is 3.06. The monoisotopic (exact) mass is 439 g/mol. The summed E-state index contributed by atoms with van der Waals surface area (Å²) in [5, 5.41) is 38.8. The molecule has 6 N–H and O–H groups in total. The van der Waals surface area contributed by atoms with Crippen LogP contribution >= 0.6 is 11.8 Å². The van der Waals surface area contributed by atoms with Gasteiger partial charge in [0.1, 0.15) is 17.3 Å². The summed E-state index contributed by atoms with van der Waals surface area (Å²) in [5.74, 6) is -1.21. The van der Waals surface area contributed by atoms with Crippen molar-refractivity contribution in [3.63, 3.8) is 0 Å². The molecule has 1 amide bonds. The van der Waals surface area contributed by atoms with E-state index in [0.29, 0.717) is 11.3 Å². The minimum Gasteiger partial charge on any atom is -0.508 e. The molecule has 0 spiro atoms. The van der Waals surface area contributed by atoms with Crippen molar-refractivity contribution in [2.24, 2.45) is 12.8 Å². The molecule has 0 aliphatic rings. The van der Waals surface area contributed by atoms with Gasteiger partial charge in [0, 0.05) is 30.2 Å². The zero-order valence-electron chi connectivity index (χ0n) is 17.5. The maximum absolute atomic E-state index is 11.3. The van der Waals surface area contributed by atoms with E-state index in [1.807, 2.05) is 49.9 Å². The van der Waals surface area contributed by atoms with Crippen molar-refractivity contribution in [1.82, 2.24) is 4.57 Å². The highest BCUT2D eigenvalue weighted by molar-refractivity contribution is 8.14. The van der Waals surface area contributed by atoms with E-state index in [9.17, 15) is 15.0 Å². The fourth-order valence-electron chi connectivity index (χ4n) is 3.33. The highest BCUT2D eigenvalue weighted by Gasteiger charge is 2.24. The lowest BCUT2D eigenvalue weighted by molar-refractivity contribution is -0.115. The summed E-state index contributed by atoms with van der Waals surface area (Å²) in [6.07, 6.45) is 1.91. The second-order valence-corrected chi connectivity index (χ2v) is 8.46. The Labute approximate surface area is 184 Å². The number of carbonyl (C=O) groups excluding carboxylic acids is 1. The van der Waals surface area contributed by atoms with Gasteiger partial charge in [-0.05, 0) is 41.8 Å². The van der Waals surface area contributed by atoms with E-state index in [0.717, 1.165) is 22.7 Å². The van der Waals surface area contributed by atoms with Crippen LogP contribution in [0.15, 0.2) is 42.6 Å². The molecular formula is C22H25N5O3S. The van der Waals surface area contributed by atoms with Gasteiger partial charge in [-0.3, -0.25) is 20.5 Å². The molecule has 162 valence electrons. The smallest absolute Gasteiger partial charge is 0.227 e. The molecule has 0 saturated heterocycles. The number of amides is 1. The number of benzene rings is 2. The maximum atomic E-state index is 11.3. The summed E-state index contributed by atoms with van der Waals surface area (Å²) in [5.41, 5.74) is 7.50. The Kier molecular flexibility index (Phi) is 6.26. The van der Waals surface area contributed by atoms with E-state index in [1.54, 1.807) is 12.1 Å². The van der Waals surface area contributed by atoms with E-state index >= 15 is 0 Å². The maximum Gasteiger partial charge on any atom is 0.227 e. The number of nitrogens with zero attached hydrogens (tertiary/aromatic N) is 2. The molecule has 31 heavy (non-hydrogen) atoms. The van der Waals surface area contributed by atoms with Crippen LogP contribution in [0.3, 0.4) is 0 Å². The number of phenolic OH excluding ortho intramolecular Hbond substituents is 2. The van der Waals surface area contributed by atoms with E-state index in [-0.39, 0.29) is 39.7 Å². The molecule has 0 aliphatic heterocycles. The molecule has 9 heteroatoms. The summed E-state index contributed by atoms with van der Waals surface area (Å²) in [4.78, 5) is 12.6. The lowest BCUT2D eigenvalue weighted by Gasteiger charge is -2.26. The zero-order chi connectivity index (χ0) is 22.9. The molecule has 0 bridgehead atoms. The zero-order valence-corrected chi connectivity index (χ0v) is 18.3. The van der Waals surface area contributed by atoms with Crippen molar-refractivity contribution in [3.8, 4) is 11.5 Å². The van der Waals surface area contributed by atoms with Crippen LogP contribution in [-0.2, 0) is 11.8 Å². The van der Waals surface area contributed by atoms with Gasteiger partial charge in [0.25, 0.3) is 0 Å². The fourth-order valence-corrected chi connectivity index (χ4v) is 3.93. The van der Waals surface area contributed by atoms with Gasteiger partial charge in [-0.15, -0.1) is 0 Å². The number of primary amides is 1. The van der Waals surface area contributed by atoms with Crippen molar-refractivity contribution in [2.75, 3.05) is 10.7 Å². The largest absolute Gasteiger partial charge is 0.508 e. The minimum atomic E-state index is -0.575. The molecule has 3 aromatic rings. The Bertz CT molecular complexity index is 1190. The van der Waals surface area contributed by atoms with Gasteiger partial charge in [0.2, 0.25) is 5.91 Å². The standard InChI is InChI=1S/C22H25N5O3S/c1-12(2)15-9-16(19(29)10-18(15)28)21(24)27(22(25)31-11-20(23)30)14-4-5-17-13(8-14)6-7-26(17)3/h4-10,12,24-25,28-29H,11H2,1-3H3,(H2,23,30). The van der Waals surface area contributed by atoms with Gasteiger partial charge >= 0.3 is 0 Å². The lowest BCUT2D eigenvalue weighted by Crippen LogP contribution is -2.36. The Morgan fingerprint density at radius 3 is 2.52 bits per heavy atom. The van der Waals surface area contributed by atoms with Crippen molar-refractivity contribution >= 4 is 45.3 Å². The van der Waals surface area contributed by atoms with Gasteiger partial charge in [-0.25, -0.2) is 0 Å². The molecule has 2 aromatic carbocycles. The summed E-state index contributed by atoms with van der Waals surface area (Å²) in [6, 6.07) is 10.2. The molecule has 1 aromatic heterocycles. The number of anilines is 1. The Hall–Kier alpha value is -3.46. The van der Waals surface area contributed by atoms with E-state index in [2.05, 4.69) is 0 Å². The van der Waals surface area contributed by atoms with Crippen LogP contribution in [0.25, 0.3) is 10.9 Å².